The highest BCUT2D eigenvalue weighted by Crippen LogP contribution is 2.57. The van der Waals surface area contributed by atoms with Gasteiger partial charge in [0.25, 0.3) is 0 Å². The van der Waals surface area contributed by atoms with Crippen LogP contribution in [0.4, 0.5) is 0 Å². The second-order valence-corrected chi connectivity index (χ2v) is 6.26. The number of hydrogen-bond donors (Lipinski definition) is 2. The van der Waals surface area contributed by atoms with Crippen molar-refractivity contribution in [3.8, 4) is 11.8 Å². The van der Waals surface area contributed by atoms with Gasteiger partial charge in [-0.1, -0.05) is 18.3 Å². The van der Waals surface area contributed by atoms with Crippen molar-refractivity contribution in [2.24, 2.45) is 17.8 Å². The molecule has 0 bridgehead atoms. The van der Waals surface area contributed by atoms with E-state index in [1.54, 1.807) is 11.3 Å². The van der Waals surface area contributed by atoms with Crippen molar-refractivity contribution < 1.29 is 9.90 Å². The molecule has 0 aromatic carbocycles. The van der Waals surface area contributed by atoms with Crippen LogP contribution in [0.25, 0.3) is 0 Å². The third kappa shape index (κ3) is 2.68. The molecule has 19 heavy (non-hydrogen) atoms. The van der Waals surface area contributed by atoms with Crippen LogP contribution < -0.4 is 5.32 Å². The van der Waals surface area contributed by atoms with Gasteiger partial charge in [-0.25, -0.2) is 0 Å². The van der Waals surface area contributed by atoms with E-state index in [0.29, 0.717) is 24.3 Å². The largest absolute Gasteiger partial charge is 0.384 e. The molecular weight excluding hydrogens is 258 g/mol. The summed E-state index contributed by atoms with van der Waals surface area (Å²) in [5.74, 6) is 7.36. The van der Waals surface area contributed by atoms with E-state index in [-0.39, 0.29) is 12.5 Å². The first kappa shape index (κ1) is 12.7. The zero-order valence-electron chi connectivity index (χ0n) is 10.7. The Morgan fingerprint density at radius 1 is 1.47 bits per heavy atom. The third-order valence-corrected chi connectivity index (χ3v) is 5.05. The highest BCUT2D eigenvalue weighted by Gasteiger charge is 2.56. The van der Waals surface area contributed by atoms with Crippen LogP contribution in [0, 0.1) is 29.6 Å². The number of fused-ring (bicyclic) bond motifs is 1. The van der Waals surface area contributed by atoms with Crippen LogP contribution in [0.15, 0.2) is 11.4 Å². The van der Waals surface area contributed by atoms with Crippen LogP contribution in [0.1, 0.15) is 29.7 Å². The maximum absolute atomic E-state index is 12.0. The maximum atomic E-state index is 12.0. The van der Waals surface area contributed by atoms with Crippen molar-refractivity contribution in [2.45, 2.75) is 25.8 Å². The molecule has 2 saturated carbocycles. The molecule has 0 radical (unpaired) electrons. The Bertz CT molecular complexity index is 530. The summed E-state index contributed by atoms with van der Waals surface area (Å²) in [5.41, 5.74) is 0.909. The summed E-state index contributed by atoms with van der Waals surface area (Å²) >= 11 is 1.60. The Labute approximate surface area is 117 Å². The van der Waals surface area contributed by atoms with Gasteiger partial charge in [0, 0.05) is 21.7 Å². The van der Waals surface area contributed by atoms with Gasteiger partial charge in [0.2, 0.25) is 5.91 Å². The van der Waals surface area contributed by atoms with Crippen LogP contribution >= 0.6 is 11.3 Å². The summed E-state index contributed by atoms with van der Waals surface area (Å²) in [5, 5.41) is 13.6. The van der Waals surface area contributed by atoms with Crippen molar-refractivity contribution in [1.82, 2.24) is 5.32 Å². The van der Waals surface area contributed by atoms with Crippen molar-refractivity contribution >= 4 is 17.2 Å². The third-order valence-electron chi connectivity index (χ3n) is 4.11. The molecule has 1 aromatic heterocycles. The molecular formula is C15H17NO2S. The summed E-state index contributed by atoms with van der Waals surface area (Å²) in [6.45, 7) is 0.479. The Kier molecular flexibility index (Phi) is 3.58. The van der Waals surface area contributed by atoms with Gasteiger partial charge < -0.3 is 10.4 Å². The van der Waals surface area contributed by atoms with E-state index in [1.807, 2.05) is 11.4 Å². The summed E-state index contributed by atoms with van der Waals surface area (Å²) in [6.07, 6.45) is 3.78. The molecule has 0 spiro atoms. The number of nitrogens with one attached hydrogen (secondary N) is 1. The van der Waals surface area contributed by atoms with Gasteiger partial charge in [0.15, 0.2) is 0 Å². The monoisotopic (exact) mass is 275 g/mol. The number of carbonyl (C=O) groups excluding carboxylic acids is 1. The molecule has 3 rings (SSSR count). The Balaban J connectivity index is 1.49. The number of aliphatic hydroxyl groups excluding tert-OH is 1. The van der Waals surface area contributed by atoms with Gasteiger partial charge >= 0.3 is 0 Å². The molecule has 3 nitrogen and oxygen atoms in total. The predicted molar refractivity (Wildman–Crippen MR) is 74.5 cm³/mol. The average molecular weight is 275 g/mol. The van der Waals surface area contributed by atoms with Gasteiger partial charge in [-0.05, 0) is 30.7 Å². The van der Waals surface area contributed by atoms with Gasteiger partial charge in [0.1, 0.15) is 6.61 Å². The molecule has 0 saturated heterocycles. The molecule has 2 N–H and O–H groups in total. The lowest BCUT2D eigenvalue weighted by Gasteiger charge is -2.04. The van der Waals surface area contributed by atoms with Crippen LogP contribution in [0.5, 0.6) is 0 Å². The topological polar surface area (TPSA) is 49.3 Å². The van der Waals surface area contributed by atoms with Gasteiger partial charge in [-0.3, -0.25) is 4.79 Å². The summed E-state index contributed by atoms with van der Waals surface area (Å²) in [7, 11) is 0. The zero-order valence-corrected chi connectivity index (χ0v) is 11.5. The molecule has 2 unspecified atom stereocenters. The lowest BCUT2D eigenvalue weighted by molar-refractivity contribution is -0.123. The van der Waals surface area contributed by atoms with Crippen LogP contribution in [-0.2, 0) is 11.3 Å². The SMILES string of the molecule is O=C(NCc1cc(C#CCO)cs1)C1C2CCCC21. The highest BCUT2D eigenvalue weighted by atomic mass is 32.1. The molecule has 1 heterocycles. The van der Waals surface area contributed by atoms with Crippen molar-refractivity contribution in [3.63, 3.8) is 0 Å². The first-order valence-electron chi connectivity index (χ1n) is 6.74. The van der Waals surface area contributed by atoms with E-state index in [0.717, 1.165) is 10.4 Å². The molecule has 1 amide bonds. The molecule has 2 atom stereocenters. The highest BCUT2D eigenvalue weighted by molar-refractivity contribution is 7.10. The minimum Gasteiger partial charge on any atom is -0.384 e. The van der Waals surface area contributed by atoms with Gasteiger partial charge in [0.05, 0.1) is 6.54 Å². The second kappa shape index (κ2) is 5.36. The van der Waals surface area contributed by atoms with Crippen molar-refractivity contribution in [1.29, 1.82) is 0 Å². The Morgan fingerprint density at radius 2 is 2.26 bits per heavy atom. The Hall–Kier alpha value is -1.31. The van der Waals surface area contributed by atoms with Crippen LogP contribution in [0.3, 0.4) is 0 Å². The smallest absolute Gasteiger partial charge is 0.223 e. The predicted octanol–water partition coefficient (Wildman–Crippen LogP) is 1.75. The Morgan fingerprint density at radius 3 is 3.00 bits per heavy atom. The minimum absolute atomic E-state index is 0.119. The molecule has 4 heteroatoms. The summed E-state index contributed by atoms with van der Waals surface area (Å²) in [4.78, 5) is 13.1. The minimum atomic E-state index is -0.119. The van der Waals surface area contributed by atoms with E-state index < -0.39 is 0 Å². The number of hydrogen-bond acceptors (Lipinski definition) is 3. The average Bonchev–Trinajstić information content (AvgIpc) is 2.83. The molecule has 2 aliphatic carbocycles. The number of carbonyl (C=O) groups is 1. The van der Waals surface area contributed by atoms with Crippen LogP contribution in [0.2, 0.25) is 0 Å². The number of rotatable bonds is 3. The van der Waals surface area contributed by atoms with Gasteiger partial charge in [-0.2, -0.15) is 0 Å². The molecule has 2 aliphatic rings. The zero-order chi connectivity index (χ0) is 13.2. The molecule has 2 fully saturated rings. The fourth-order valence-corrected chi connectivity index (χ4v) is 3.94. The summed E-state index contributed by atoms with van der Waals surface area (Å²) in [6, 6.07) is 1.97. The summed E-state index contributed by atoms with van der Waals surface area (Å²) < 4.78 is 0. The second-order valence-electron chi connectivity index (χ2n) is 5.26. The van der Waals surface area contributed by atoms with E-state index in [2.05, 4.69) is 17.2 Å². The normalized spacial score (nSPS) is 27.3. The lowest BCUT2D eigenvalue weighted by Crippen LogP contribution is -2.25. The number of amides is 1. The molecule has 1 aromatic rings. The first-order chi connectivity index (χ1) is 9.29. The van der Waals surface area contributed by atoms with E-state index >= 15 is 0 Å². The van der Waals surface area contributed by atoms with Crippen LogP contribution in [-0.4, -0.2) is 17.6 Å². The lowest BCUT2D eigenvalue weighted by atomic mass is 10.1. The fraction of sp³-hybridized carbons (Fsp3) is 0.533. The van der Waals surface area contributed by atoms with Crippen molar-refractivity contribution in [2.75, 3.05) is 6.61 Å². The van der Waals surface area contributed by atoms with Crippen molar-refractivity contribution in [3.05, 3.63) is 21.9 Å². The maximum Gasteiger partial charge on any atom is 0.223 e. The quantitative estimate of drug-likeness (QED) is 0.826. The number of thiophene rings is 1. The fourth-order valence-electron chi connectivity index (χ4n) is 3.18. The van der Waals surface area contributed by atoms with E-state index in [9.17, 15) is 4.79 Å². The van der Waals surface area contributed by atoms with E-state index in [4.69, 9.17) is 5.11 Å². The standard InChI is InChI=1S/C15H17NO2S/c17-6-2-3-10-7-11(19-9-10)8-16-15(18)14-12-4-1-5-13(12)14/h7,9,12-14,17H,1,4-6,8H2,(H,16,18). The molecule has 0 aliphatic heterocycles. The van der Waals surface area contributed by atoms with E-state index in [1.165, 1.54) is 19.3 Å². The molecule has 100 valence electrons. The van der Waals surface area contributed by atoms with Gasteiger partial charge in [-0.15, -0.1) is 11.3 Å². The number of aliphatic hydroxyl groups is 1. The first-order valence-corrected chi connectivity index (χ1v) is 7.62.